The first kappa shape index (κ1) is 12.2. The molecule has 1 atom stereocenters. The average molecular weight is 271 g/mol. The van der Waals surface area contributed by atoms with Gasteiger partial charge in [0.2, 0.25) is 0 Å². The van der Waals surface area contributed by atoms with Crippen LogP contribution in [0.5, 0.6) is 0 Å². The van der Waals surface area contributed by atoms with E-state index in [2.05, 4.69) is 33.5 Å². The van der Waals surface area contributed by atoms with Crippen LogP contribution in [0.4, 0.5) is 5.13 Å². The number of ether oxygens (including phenoxy) is 1. The Kier molecular flexibility index (Phi) is 3.45. The summed E-state index contributed by atoms with van der Waals surface area (Å²) in [5.74, 6) is 0. The molecule has 2 aromatic rings. The van der Waals surface area contributed by atoms with Crippen molar-refractivity contribution in [2.24, 2.45) is 0 Å². The topological polar surface area (TPSA) is 49.2 Å². The zero-order valence-corrected chi connectivity index (χ0v) is 11.1. The van der Waals surface area contributed by atoms with Gasteiger partial charge in [-0.05, 0) is 0 Å². The van der Waals surface area contributed by atoms with Crippen LogP contribution >= 0.6 is 11.3 Å². The van der Waals surface area contributed by atoms with Gasteiger partial charge in [0.05, 0.1) is 24.9 Å². The van der Waals surface area contributed by atoms with Gasteiger partial charge in [0, 0.05) is 17.5 Å². The Bertz CT molecular complexity index is 590. The lowest BCUT2D eigenvalue weighted by Crippen LogP contribution is -2.41. The monoisotopic (exact) mass is 271 g/mol. The molecular weight excluding hydrogens is 258 g/mol. The predicted octanol–water partition coefficient (Wildman–Crippen LogP) is 2.54. The van der Waals surface area contributed by atoms with Gasteiger partial charge in [-0.15, -0.1) is 11.3 Å². The molecule has 1 aromatic heterocycles. The molecule has 0 radical (unpaired) electrons. The van der Waals surface area contributed by atoms with Crippen LogP contribution in [-0.4, -0.2) is 30.8 Å². The lowest BCUT2D eigenvalue weighted by Gasteiger charge is -2.29. The van der Waals surface area contributed by atoms with Gasteiger partial charge in [-0.1, -0.05) is 30.3 Å². The number of morpholine rings is 1. The summed E-state index contributed by atoms with van der Waals surface area (Å²) in [5.41, 5.74) is 2.11. The first-order valence-corrected chi connectivity index (χ1v) is 7.02. The summed E-state index contributed by atoms with van der Waals surface area (Å²) in [6, 6.07) is 12.3. The van der Waals surface area contributed by atoms with Gasteiger partial charge in [-0.25, -0.2) is 4.98 Å². The summed E-state index contributed by atoms with van der Waals surface area (Å²) in [5, 5.41) is 11.9. The van der Waals surface area contributed by atoms with Crippen LogP contribution in [0.25, 0.3) is 11.3 Å². The summed E-state index contributed by atoms with van der Waals surface area (Å²) < 4.78 is 5.34. The van der Waals surface area contributed by atoms with Crippen LogP contribution in [0, 0.1) is 11.3 Å². The second kappa shape index (κ2) is 5.39. The Hall–Kier alpha value is -1.90. The number of aromatic nitrogens is 1. The molecule has 0 spiro atoms. The smallest absolute Gasteiger partial charge is 0.186 e. The standard InChI is InChI=1S/C14H13N3OS/c15-8-12-9-17(6-7-18-12)14-16-13(10-19-14)11-4-2-1-3-5-11/h1-5,10,12H,6-7,9H2. The van der Waals surface area contributed by atoms with Crippen molar-refractivity contribution in [3.63, 3.8) is 0 Å². The first-order chi connectivity index (χ1) is 9.36. The summed E-state index contributed by atoms with van der Waals surface area (Å²) in [4.78, 5) is 6.77. The third-order valence-corrected chi connectivity index (χ3v) is 3.94. The zero-order valence-electron chi connectivity index (χ0n) is 10.3. The van der Waals surface area contributed by atoms with Crippen molar-refractivity contribution < 1.29 is 4.74 Å². The number of benzene rings is 1. The highest BCUT2D eigenvalue weighted by Gasteiger charge is 2.22. The third-order valence-electron chi connectivity index (χ3n) is 3.04. The summed E-state index contributed by atoms with van der Waals surface area (Å²) >= 11 is 1.61. The Morgan fingerprint density at radius 3 is 3.00 bits per heavy atom. The van der Waals surface area contributed by atoms with Crippen LogP contribution in [0.2, 0.25) is 0 Å². The Balaban J connectivity index is 1.80. The SMILES string of the molecule is N#CC1CN(c2nc(-c3ccccc3)cs2)CCO1. The molecule has 2 heterocycles. The highest BCUT2D eigenvalue weighted by molar-refractivity contribution is 7.14. The van der Waals surface area contributed by atoms with Gasteiger partial charge >= 0.3 is 0 Å². The van der Waals surface area contributed by atoms with E-state index in [1.807, 2.05) is 18.2 Å². The van der Waals surface area contributed by atoms with Crippen LogP contribution < -0.4 is 4.90 Å². The van der Waals surface area contributed by atoms with Crippen LogP contribution in [0.15, 0.2) is 35.7 Å². The van der Waals surface area contributed by atoms with Crippen molar-refractivity contribution in [2.75, 3.05) is 24.6 Å². The molecule has 5 heteroatoms. The van der Waals surface area contributed by atoms with Crippen LogP contribution in [0.3, 0.4) is 0 Å². The highest BCUT2D eigenvalue weighted by Crippen LogP contribution is 2.28. The van der Waals surface area contributed by atoms with Crippen molar-refractivity contribution in [1.82, 2.24) is 4.98 Å². The fraction of sp³-hybridized carbons (Fsp3) is 0.286. The van der Waals surface area contributed by atoms with Gasteiger partial charge in [0.15, 0.2) is 11.2 Å². The molecule has 1 unspecified atom stereocenters. The number of nitriles is 1. The quantitative estimate of drug-likeness (QED) is 0.842. The van der Waals surface area contributed by atoms with Gasteiger partial charge in [0.1, 0.15) is 0 Å². The van der Waals surface area contributed by atoms with E-state index >= 15 is 0 Å². The molecule has 1 aromatic carbocycles. The molecular formula is C14H13N3OS. The second-order valence-electron chi connectivity index (χ2n) is 4.32. The molecule has 0 amide bonds. The van der Waals surface area contributed by atoms with Crippen LogP contribution in [0.1, 0.15) is 0 Å². The summed E-state index contributed by atoms with van der Waals surface area (Å²) in [6.07, 6.45) is -0.349. The number of anilines is 1. The maximum Gasteiger partial charge on any atom is 0.186 e. The fourth-order valence-corrected chi connectivity index (χ4v) is 2.92. The molecule has 1 fully saturated rings. The Morgan fingerprint density at radius 2 is 2.21 bits per heavy atom. The number of hydrogen-bond acceptors (Lipinski definition) is 5. The number of hydrogen-bond donors (Lipinski definition) is 0. The van der Waals surface area contributed by atoms with E-state index in [9.17, 15) is 0 Å². The minimum Gasteiger partial charge on any atom is -0.360 e. The Labute approximate surface area is 115 Å². The van der Waals surface area contributed by atoms with Gasteiger partial charge in [0.25, 0.3) is 0 Å². The van der Waals surface area contributed by atoms with E-state index in [1.54, 1.807) is 11.3 Å². The molecule has 4 nitrogen and oxygen atoms in total. The zero-order chi connectivity index (χ0) is 13.1. The normalized spacial score (nSPS) is 19.1. The van der Waals surface area contributed by atoms with Crippen LogP contribution in [-0.2, 0) is 4.74 Å². The molecule has 0 aliphatic carbocycles. The Morgan fingerprint density at radius 1 is 1.37 bits per heavy atom. The van der Waals surface area contributed by atoms with E-state index in [4.69, 9.17) is 10.00 Å². The van der Waals surface area contributed by atoms with Crippen molar-refractivity contribution in [2.45, 2.75) is 6.10 Å². The van der Waals surface area contributed by atoms with E-state index in [0.717, 1.165) is 22.9 Å². The largest absolute Gasteiger partial charge is 0.360 e. The fourth-order valence-electron chi connectivity index (χ4n) is 2.05. The molecule has 1 aliphatic rings. The van der Waals surface area contributed by atoms with E-state index in [0.29, 0.717) is 13.2 Å². The molecule has 0 saturated carbocycles. The van der Waals surface area contributed by atoms with Crippen molar-refractivity contribution >= 4 is 16.5 Å². The summed E-state index contributed by atoms with van der Waals surface area (Å²) in [7, 11) is 0. The third kappa shape index (κ3) is 2.60. The molecule has 0 bridgehead atoms. The molecule has 96 valence electrons. The first-order valence-electron chi connectivity index (χ1n) is 6.14. The predicted molar refractivity (Wildman–Crippen MR) is 75.1 cm³/mol. The van der Waals surface area contributed by atoms with E-state index in [-0.39, 0.29) is 6.10 Å². The van der Waals surface area contributed by atoms with E-state index in [1.165, 1.54) is 0 Å². The van der Waals surface area contributed by atoms with Crippen molar-refractivity contribution in [1.29, 1.82) is 5.26 Å². The maximum absolute atomic E-state index is 8.92. The molecule has 0 N–H and O–H groups in total. The number of nitrogens with zero attached hydrogens (tertiary/aromatic N) is 3. The van der Waals surface area contributed by atoms with Crippen molar-refractivity contribution in [3.8, 4) is 17.3 Å². The molecule has 1 saturated heterocycles. The minimum absolute atomic E-state index is 0.349. The number of rotatable bonds is 2. The van der Waals surface area contributed by atoms with Gasteiger partial charge in [-0.3, -0.25) is 0 Å². The number of thiazole rings is 1. The van der Waals surface area contributed by atoms with Gasteiger partial charge < -0.3 is 9.64 Å². The van der Waals surface area contributed by atoms with E-state index < -0.39 is 0 Å². The molecule has 19 heavy (non-hydrogen) atoms. The van der Waals surface area contributed by atoms with Gasteiger partial charge in [-0.2, -0.15) is 5.26 Å². The minimum atomic E-state index is -0.349. The second-order valence-corrected chi connectivity index (χ2v) is 5.15. The summed E-state index contributed by atoms with van der Waals surface area (Å²) in [6.45, 7) is 1.97. The maximum atomic E-state index is 8.92. The lowest BCUT2D eigenvalue weighted by atomic mass is 10.2. The van der Waals surface area contributed by atoms with Crippen molar-refractivity contribution in [3.05, 3.63) is 35.7 Å². The molecule has 3 rings (SSSR count). The average Bonchev–Trinajstić information content (AvgIpc) is 2.98. The highest BCUT2D eigenvalue weighted by atomic mass is 32.1. The lowest BCUT2D eigenvalue weighted by molar-refractivity contribution is 0.0764. The molecule has 1 aliphatic heterocycles.